The van der Waals surface area contributed by atoms with Gasteiger partial charge in [0.2, 0.25) is 0 Å². The molecule has 28 heavy (non-hydrogen) atoms. The quantitative estimate of drug-likeness (QED) is 0.741. The lowest BCUT2D eigenvalue weighted by Crippen LogP contribution is -2.55. The summed E-state index contributed by atoms with van der Waals surface area (Å²) in [5.74, 6) is 1.57. The van der Waals surface area contributed by atoms with Crippen molar-refractivity contribution >= 4 is 11.6 Å². The van der Waals surface area contributed by atoms with Crippen molar-refractivity contribution in [1.29, 1.82) is 0 Å². The molecule has 1 amide bonds. The molecule has 1 aliphatic rings. The molecule has 2 aromatic carbocycles. The number of likely N-dealkylation sites (N-methyl/N-ethyl adjacent to an activating group) is 1. The van der Waals surface area contributed by atoms with Gasteiger partial charge >= 0.3 is 0 Å². The number of amides is 1. The molecule has 1 aromatic heterocycles. The number of nitrogens with zero attached hydrogens (tertiary/aromatic N) is 3. The predicted molar refractivity (Wildman–Crippen MR) is 109 cm³/mol. The molecule has 6 nitrogen and oxygen atoms in total. The number of rotatable bonds is 5. The van der Waals surface area contributed by atoms with E-state index < -0.39 is 5.54 Å². The smallest absolute Gasteiger partial charge is 0.254 e. The Kier molecular flexibility index (Phi) is 5.12. The van der Waals surface area contributed by atoms with Gasteiger partial charge in [-0.05, 0) is 68.4 Å². The van der Waals surface area contributed by atoms with Crippen molar-refractivity contribution in [2.45, 2.75) is 18.4 Å². The molecular weight excluding hydrogens is 352 g/mol. The Morgan fingerprint density at radius 3 is 2.36 bits per heavy atom. The maximum absolute atomic E-state index is 13.5. The molecule has 0 saturated carbocycles. The first-order chi connectivity index (χ1) is 13.7. The van der Waals surface area contributed by atoms with Gasteiger partial charge in [-0.1, -0.05) is 18.2 Å². The fourth-order valence-corrected chi connectivity index (χ4v) is 3.70. The van der Waals surface area contributed by atoms with Crippen LogP contribution < -0.4 is 15.0 Å². The molecule has 1 saturated heterocycles. The highest BCUT2D eigenvalue weighted by atomic mass is 16.5. The van der Waals surface area contributed by atoms with Crippen molar-refractivity contribution in [3.05, 3.63) is 73.1 Å². The topological polar surface area (TPSA) is 59.4 Å². The molecule has 0 bridgehead atoms. The first-order valence-corrected chi connectivity index (χ1v) is 9.51. The lowest BCUT2D eigenvalue weighted by molar-refractivity contribution is -0.128. The number of aromatic nitrogens is 2. The van der Waals surface area contributed by atoms with Gasteiger partial charge in [0, 0.05) is 25.1 Å². The third-order valence-electron chi connectivity index (χ3n) is 5.28. The molecule has 0 spiro atoms. The van der Waals surface area contributed by atoms with Gasteiger partial charge in [0.15, 0.2) is 0 Å². The van der Waals surface area contributed by atoms with Crippen LogP contribution in [0.5, 0.6) is 11.5 Å². The van der Waals surface area contributed by atoms with E-state index in [0.29, 0.717) is 12.8 Å². The number of ether oxygens (including phenoxy) is 1. The zero-order valence-electron chi connectivity index (χ0n) is 15.9. The lowest BCUT2D eigenvalue weighted by Gasteiger charge is -2.39. The van der Waals surface area contributed by atoms with E-state index in [1.165, 1.54) is 0 Å². The minimum absolute atomic E-state index is 0.0504. The Labute approximate surface area is 164 Å². The van der Waals surface area contributed by atoms with Gasteiger partial charge in [0.1, 0.15) is 17.0 Å². The fraction of sp³-hybridized carbons (Fsp3) is 0.273. The molecule has 0 atom stereocenters. The van der Waals surface area contributed by atoms with Crippen molar-refractivity contribution in [2.24, 2.45) is 0 Å². The highest BCUT2D eigenvalue weighted by Crippen LogP contribution is 2.32. The molecular formula is C22H24N4O2. The maximum Gasteiger partial charge on any atom is 0.254 e. The molecule has 1 fully saturated rings. The summed E-state index contributed by atoms with van der Waals surface area (Å²) in [4.78, 5) is 15.2. The highest BCUT2D eigenvalue weighted by Gasteiger charge is 2.43. The van der Waals surface area contributed by atoms with E-state index in [9.17, 15) is 4.79 Å². The molecule has 3 aromatic rings. The number of hydrogen-bond donors (Lipinski definition) is 1. The summed E-state index contributed by atoms with van der Waals surface area (Å²) in [5.41, 5.74) is 0.179. The first-order valence-electron chi connectivity index (χ1n) is 9.51. The van der Waals surface area contributed by atoms with Gasteiger partial charge in [-0.3, -0.25) is 9.48 Å². The van der Waals surface area contributed by atoms with Crippen molar-refractivity contribution in [2.75, 3.05) is 25.0 Å². The summed E-state index contributed by atoms with van der Waals surface area (Å²) in [7, 11) is 1.82. The van der Waals surface area contributed by atoms with E-state index in [2.05, 4.69) is 10.4 Å². The zero-order chi connectivity index (χ0) is 19.4. The van der Waals surface area contributed by atoms with Crippen LogP contribution in [0.15, 0.2) is 73.1 Å². The summed E-state index contributed by atoms with van der Waals surface area (Å²) < 4.78 is 7.66. The van der Waals surface area contributed by atoms with E-state index in [0.717, 1.165) is 30.3 Å². The number of para-hydroxylation sites is 1. The van der Waals surface area contributed by atoms with Crippen molar-refractivity contribution < 1.29 is 9.53 Å². The number of hydrogen-bond acceptors (Lipinski definition) is 4. The van der Waals surface area contributed by atoms with E-state index >= 15 is 0 Å². The molecule has 1 aliphatic heterocycles. The minimum Gasteiger partial charge on any atom is -0.457 e. The van der Waals surface area contributed by atoms with Crippen molar-refractivity contribution in [3.8, 4) is 11.5 Å². The van der Waals surface area contributed by atoms with Crippen LogP contribution in [0.3, 0.4) is 0 Å². The van der Waals surface area contributed by atoms with Crippen LogP contribution in [0, 0.1) is 0 Å². The summed E-state index contributed by atoms with van der Waals surface area (Å²) >= 11 is 0. The van der Waals surface area contributed by atoms with Crippen LogP contribution >= 0.6 is 0 Å². The van der Waals surface area contributed by atoms with Crippen LogP contribution in [0.4, 0.5) is 5.69 Å². The Morgan fingerprint density at radius 1 is 1.04 bits per heavy atom. The molecule has 144 valence electrons. The van der Waals surface area contributed by atoms with Gasteiger partial charge in [-0.15, -0.1) is 0 Å². The summed E-state index contributed by atoms with van der Waals surface area (Å²) in [6.07, 6.45) is 5.04. The molecule has 1 N–H and O–H groups in total. The predicted octanol–water partition coefficient (Wildman–Crippen LogP) is 3.42. The lowest BCUT2D eigenvalue weighted by atomic mass is 9.86. The zero-order valence-corrected chi connectivity index (χ0v) is 15.9. The number of nitrogens with one attached hydrogen (secondary N) is 1. The van der Waals surface area contributed by atoms with Gasteiger partial charge in [0.05, 0.1) is 0 Å². The SMILES string of the molecule is CN(C(=O)C1(n2cccn2)CCNCC1)c1ccc(Oc2ccccc2)cc1. The standard InChI is InChI=1S/C22H24N4O2/c1-25(18-8-10-20(11-9-18)28-19-6-3-2-4-7-19)21(27)22(12-15-23-16-13-22)26-17-5-14-24-26/h2-11,14,17,23H,12-13,15-16H2,1H3. The maximum atomic E-state index is 13.5. The third-order valence-corrected chi connectivity index (χ3v) is 5.28. The van der Waals surface area contributed by atoms with Gasteiger partial charge in [-0.2, -0.15) is 5.10 Å². The number of carbonyl (C=O) groups is 1. The summed E-state index contributed by atoms with van der Waals surface area (Å²) in [6, 6.07) is 19.1. The normalized spacial score (nSPS) is 15.8. The monoisotopic (exact) mass is 376 g/mol. The largest absolute Gasteiger partial charge is 0.457 e. The fourth-order valence-electron chi connectivity index (χ4n) is 3.70. The molecule has 4 rings (SSSR count). The number of piperidine rings is 1. The minimum atomic E-state index is -0.650. The first kappa shape index (κ1) is 18.3. The Hall–Kier alpha value is -3.12. The summed E-state index contributed by atoms with van der Waals surface area (Å²) in [6.45, 7) is 1.59. The van der Waals surface area contributed by atoms with Gasteiger partial charge in [0.25, 0.3) is 5.91 Å². The van der Waals surface area contributed by atoms with Gasteiger partial charge in [-0.25, -0.2) is 0 Å². The van der Waals surface area contributed by atoms with Gasteiger partial charge < -0.3 is 15.0 Å². The Bertz CT molecular complexity index is 901. The van der Waals surface area contributed by atoms with Crippen LogP contribution in [0.25, 0.3) is 0 Å². The molecule has 0 radical (unpaired) electrons. The molecule has 0 unspecified atom stereocenters. The van der Waals surface area contributed by atoms with Crippen LogP contribution in [0.2, 0.25) is 0 Å². The van der Waals surface area contributed by atoms with Crippen LogP contribution in [-0.2, 0) is 10.3 Å². The highest BCUT2D eigenvalue weighted by molar-refractivity contribution is 5.98. The van der Waals surface area contributed by atoms with E-state index in [-0.39, 0.29) is 5.91 Å². The second-order valence-corrected chi connectivity index (χ2v) is 7.01. The second-order valence-electron chi connectivity index (χ2n) is 7.01. The molecule has 0 aliphatic carbocycles. The molecule has 6 heteroatoms. The van der Waals surface area contributed by atoms with Crippen molar-refractivity contribution in [1.82, 2.24) is 15.1 Å². The Balaban J connectivity index is 1.54. The summed E-state index contributed by atoms with van der Waals surface area (Å²) in [5, 5.41) is 7.73. The van der Waals surface area contributed by atoms with E-state index in [1.54, 1.807) is 11.1 Å². The number of anilines is 1. The van der Waals surface area contributed by atoms with Crippen molar-refractivity contribution in [3.63, 3.8) is 0 Å². The van der Waals surface area contributed by atoms with E-state index in [4.69, 9.17) is 4.74 Å². The Morgan fingerprint density at radius 2 is 1.71 bits per heavy atom. The van der Waals surface area contributed by atoms with Crippen LogP contribution in [-0.4, -0.2) is 35.8 Å². The number of benzene rings is 2. The third kappa shape index (κ3) is 3.51. The number of carbonyl (C=O) groups excluding carboxylic acids is 1. The average molecular weight is 376 g/mol. The second kappa shape index (κ2) is 7.86. The van der Waals surface area contributed by atoms with E-state index in [1.807, 2.05) is 78.6 Å². The van der Waals surface area contributed by atoms with Crippen LogP contribution in [0.1, 0.15) is 12.8 Å². The average Bonchev–Trinajstić information content (AvgIpc) is 3.30. The molecule has 2 heterocycles.